The van der Waals surface area contributed by atoms with E-state index in [1.54, 1.807) is 6.07 Å². The molecule has 0 spiro atoms. The van der Waals surface area contributed by atoms with E-state index >= 15 is 0 Å². The van der Waals surface area contributed by atoms with Crippen molar-refractivity contribution < 1.29 is 9.53 Å². The molecule has 0 unspecified atom stereocenters. The second kappa shape index (κ2) is 7.61. The fraction of sp³-hybridized carbons (Fsp3) is 0.286. The Balaban J connectivity index is 1.44. The minimum atomic E-state index is 0.115. The first-order chi connectivity index (χ1) is 13.2. The number of carbonyl (C=O) groups excluding carboxylic acids is 1. The van der Waals surface area contributed by atoms with Crippen LogP contribution in [-0.4, -0.2) is 20.4 Å². The monoisotopic (exact) mass is 362 g/mol. The molecule has 6 nitrogen and oxygen atoms in total. The highest BCUT2D eigenvalue weighted by molar-refractivity contribution is 5.92. The smallest absolute Gasteiger partial charge is 0.227 e. The summed E-state index contributed by atoms with van der Waals surface area (Å²) in [5.41, 5.74) is 0.783. The summed E-state index contributed by atoms with van der Waals surface area (Å²) in [6.07, 6.45) is 8.12. The number of aryl methyl sites for hydroxylation is 1. The van der Waals surface area contributed by atoms with Gasteiger partial charge in [0.2, 0.25) is 11.8 Å². The summed E-state index contributed by atoms with van der Waals surface area (Å²) in [7, 11) is 0. The molecule has 1 aliphatic rings. The van der Waals surface area contributed by atoms with Gasteiger partial charge in [0.05, 0.1) is 0 Å². The molecule has 0 bridgehead atoms. The Labute approximate surface area is 158 Å². The second-order valence-corrected chi connectivity index (χ2v) is 6.80. The molecule has 1 aromatic carbocycles. The third-order valence-electron chi connectivity index (χ3n) is 4.74. The summed E-state index contributed by atoms with van der Waals surface area (Å²) >= 11 is 0. The van der Waals surface area contributed by atoms with Crippen molar-refractivity contribution in [3.05, 3.63) is 60.7 Å². The van der Waals surface area contributed by atoms with Gasteiger partial charge in [-0.2, -0.15) is 4.98 Å². The molecule has 1 N–H and O–H groups in total. The van der Waals surface area contributed by atoms with E-state index < -0.39 is 0 Å². The van der Waals surface area contributed by atoms with Gasteiger partial charge in [-0.1, -0.05) is 12.8 Å². The van der Waals surface area contributed by atoms with Crippen molar-refractivity contribution in [3.63, 3.8) is 0 Å². The molecule has 0 aliphatic heterocycles. The maximum Gasteiger partial charge on any atom is 0.227 e. The Hall–Kier alpha value is -3.15. The van der Waals surface area contributed by atoms with Gasteiger partial charge in [-0.25, -0.2) is 4.98 Å². The number of amides is 1. The lowest BCUT2D eigenvalue weighted by Gasteiger charge is -2.11. The number of aromatic nitrogens is 3. The van der Waals surface area contributed by atoms with Crippen molar-refractivity contribution in [2.24, 2.45) is 5.92 Å². The standard InChI is InChI=1S/C21H22N4O2/c1-15-22-19(25-12-4-5-13-25)14-20(23-15)27-18-10-8-17(9-11-18)24-21(26)16-6-2-3-7-16/h4-5,8-14,16H,2-3,6-7H2,1H3,(H,24,26). The number of ether oxygens (including phenoxy) is 1. The topological polar surface area (TPSA) is 69.0 Å². The summed E-state index contributed by atoms with van der Waals surface area (Å²) in [5, 5.41) is 2.99. The van der Waals surface area contributed by atoms with Crippen LogP contribution < -0.4 is 10.1 Å². The molecular formula is C21H22N4O2. The predicted octanol–water partition coefficient (Wildman–Crippen LogP) is 4.50. The van der Waals surface area contributed by atoms with E-state index in [1.807, 2.05) is 60.3 Å². The van der Waals surface area contributed by atoms with Gasteiger partial charge in [0.1, 0.15) is 17.4 Å². The third-order valence-corrected chi connectivity index (χ3v) is 4.74. The lowest BCUT2D eigenvalue weighted by Crippen LogP contribution is -2.20. The molecule has 138 valence electrons. The molecular weight excluding hydrogens is 340 g/mol. The number of hydrogen-bond acceptors (Lipinski definition) is 4. The Morgan fingerprint density at radius 2 is 1.81 bits per heavy atom. The first kappa shape index (κ1) is 17.3. The molecule has 0 saturated heterocycles. The van der Waals surface area contributed by atoms with E-state index in [2.05, 4.69) is 15.3 Å². The lowest BCUT2D eigenvalue weighted by atomic mass is 10.1. The van der Waals surface area contributed by atoms with Crippen LogP contribution in [0.4, 0.5) is 5.69 Å². The van der Waals surface area contributed by atoms with Crippen LogP contribution in [0.3, 0.4) is 0 Å². The molecule has 2 heterocycles. The maximum absolute atomic E-state index is 12.2. The number of benzene rings is 1. The van der Waals surface area contributed by atoms with Crippen LogP contribution in [0, 0.1) is 12.8 Å². The molecule has 1 amide bonds. The first-order valence-electron chi connectivity index (χ1n) is 9.25. The Bertz CT molecular complexity index is 914. The fourth-order valence-electron chi connectivity index (χ4n) is 3.36. The second-order valence-electron chi connectivity index (χ2n) is 6.80. The zero-order chi connectivity index (χ0) is 18.6. The van der Waals surface area contributed by atoms with Crippen LogP contribution >= 0.6 is 0 Å². The third kappa shape index (κ3) is 4.16. The minimum Gasteiger partial charge on any atom is -0.439 e. The number of hydrogen-bond donors (Lipinski definition) is 1. The van der Waals surface area contributed by atoms with Crippen molar-refractivity contribution in [3.8, 4) is 17.4 Å². The van der Waals surface area contributed by atoms with Crippen LogP contribution in [0.25, 0.3) is 5.82 Å². The fourth-order valence-corrected chi connectivity index (χ4v) is 3.36. The molecule has 0 radical (unpaired) electrons. The highest BCUT2D eigenvalue weighted by Gasteiger charge is 2.22. The van der Waals surface area contributed by atoms with E-state index in [0.717, 1.165) is 37.2 Å². The molecule has 3 aromatic rings. The van der Waals surface area contributed by atoms with Crippen LogP contribution in [0.15, 0.2) is 54.9 Å². The predicted molar refractivity (Wildman–Crippen MR) is 103 cm³/mol. The normalized spacial score (nSPS) is 14.3. The van der Waals surface area contributed by atoms with E-state index in [-0.39, 0.29) is 11.8 Å². The Morgan fingerprint density at radius 3 is 2.52 bits per heavy atom. The van der Waals surface area contributed by atoms with Gasteiger partial charge < -0.3 is 14.6 Å². The van der Waals surface area contributed by atoms with E-state index in [1.165, 1.54) is 0 Å². The molecule has 27 heavy (non-hydrogen) atoms. The van der Waals surface area contributed by atoms with Crippen molar-refractivity contribution in [1.82, 2.24) is 14.5 Å². The average molecular weight is 362 g/mol. The van der Waals surface area contributed by atoms with Gasteiger partial charge in [0.15, 0.2) is 0 Å². The van der Waals surface area contributed by atoms with Gasteiger partial charge in [-0.3, -0.25) is 4.79 Å². The summed E-state index contributed by atoms with van der Waals surface area (Å²) in [4.78, 5) is 21.0. The van der Waals surface area contributed by atoms with E-state index in [9.17, 15) is 4.79 Å². The molecule has 2 aromatic heterocycles. The highest BCUT2D eigenvalue weighted by Crippen LogP contribution is 2.27. The zero-order valence-electron chi connectivity index (χ0n) is 15.3. The summed E-state index contributed by atoms with van der Waals surface area (Å²) in [6.45, 7) is 1.83. The Morgan fingerprint density at radius 1 is 1.11 bits per heavy atom. The van der Waals surface area contributed by atoms with E-state index in [0.29, 0.717) is 17.5 Å². The van der Waals surface area contributed by atoms with Gasteiger partial charge in [0.25, 0.3) is 0 Å². The van der Waals surface area contributed by atoms with Crippen molar-refractivity contribution in [2.75, 3.05) is 5.32 Å². The highest BCUT2D eigenvalue weighted by atomic mass is 16.5. The van der Waals surface area contributed by atoms with Gasteiger partial charge in [-0.05, 0) is 56.2 Å². The number of anilines is 1. The van der Waals surface area contributed by atoms with Crippen LogP contribution in [0.1, 0.15) is 31.5 Å². The Kier molecular flexibility index (Phi) is 4.87. The maximum atomic E-state index is 12.2. The summed E-state index contributed by atoms with van der Waals surface area (Å²) in [5.74, 6) is 2.79. The molecule has 4 rings (SSSR count). The molecule has 6 heteroatoms. The first-order valence-corrected chi connectivity index (χ1v) is 9.25. The average Bonchev–Trinajstić information content (AvgIpc) is 3.37. The molecule has 1 aliphatic carbocycles. The van der Waals surface area contributed by atoms with Gasteiger partial charge in [-0.15, -0.1) is 0 Å². The number of nitrogens with zero attached hydrogens (tertiary/aromatic N) is 3. The quantitative estimate of drug-likeness (QED) is 0.726. The van der Waals surface area contributed by atoms with Gasteiger partial charge in [0, 0.05) is 30.1 Å². The minimum absolute atomic E-state index is 0.115. The largest absolute Gasteiger partial charge is 0.439 e. The van der Waals surface area contributed by atoms with Crippen LogP contribution in [-0.2, 0) is 4.79 Å². The number of nitrogens with one attached hydrogen (secondary N) is 1. The number of rotatable bonds is 5. The van der Waals surface area contributed by atoms with Crippen LogP contribution in [0.5, 0.6) is 11.6 Å². The van der Waals surface area contributed by atoms with Crippen LogP contribution in [0.2, 0.25) is 0 Å². The number of carbonyl (C=O) groups is 1. The molecule has 0 atom stereocenters. The van der Waals surface area contributed by atoms with Gasteiger partial charge >= 0.3 is 0 Å². The molecule has 1 fully saturated rings. The lowest BCUT2D eigenvalue weighted by molar-refractivity contribution is -0.119. The summed E-state index contributed by atoms with van der Waals surface area (Å²) in [6, 6.07) is 13.0. The zero-order valence-corrected chi connectivity index (χ0v) is 15.3. The van der Waals surface area contributed by atoms with Crippen molar-refractivity contribution >= 4 is 11.6 Å². The molecule has 1 saturated carbocycles. The SMILES string of the molecule is Cc1nc(Oc2ccc(NC(=O)C3CCCC3)cc2)cc(-n2cccc2)n1. The summed E-state index contributed by atoms with van der Waals surface area (Å²) < 4.78 is 7.79. The van der Waals surface area contributed by atoms with Crippen molar-refractivity contribution in [2.45, 2.75) is 32.6 Å². The van der Waals surface area contributed by atoms with E-state index in [4.69, 9.17) is 4.74 Å². The van der Waals surface area contributed by atoms with Crippen molar-refractivity contribution in [1.29, 1.82) is 0 Å².